The smallest absolute Gasteiger partial charge is 0.416 e. The Labute approximate surface area is 291 Å². The van der Waals surface area contributed by atoms with Crippen LogP contribution in [0.4, 0.5) is 18.9 Å². The summed E-state index contributed by atoms with van der Waals surface area (Å²) in [6, 6.07) is 8.97. The first-order valence-electron chi connectivity index (χ1n) is 16.6. The molecule has 1 aliphatic heterocycles. The highest BCUT2D eigenvalue weighted by molar-refractivity contribution is 7.92. The molecule has 2 aromatic carbocycles. The van der Waals surface area contributed by atoms with Crippen molar-refractivity contribution in [2.24, 2.45) is 5.92 Å². The highest BCUT2D eigenvalue weighted by Crippen LogP contribution is 2.31. The predicted octanol–water partition coefficient (Wildman–Crippen LogP) is 6.04. The number of aliphatic hydroxyl groups is 1. The molecule has 4 rings (SSSR count). The van der Waals surface area contributed by atoms with Crippen LogP contribution in [-0.2, 0) is 27.5 Å². The van der Waals surface area contributed by atoms with Gasteiger partial charge in [0.2, 0.25) is 0 Å². The minimum absolute atomic E-state index is 0.0903. The van der Waals surface area contributed by atoms with Gasteiger partial charge in [-0.1, -0.05) is 24.2 Å². The summed E-state index contributed by atoms with van der Waals surface area (Å²) in [6.07, 6.45) is -2.84. The SMILES string of the molecule is Cc1noc(C)c1S(=O)(=O)Nc1ccc2c(c1)C(=O)N([C@H](C)CO)C[C@@H](C)[C@H](CN(C)Cc1ccc(C(F)(F)F)cc1)OCCCC[C@H](C)O2. The Balaban J connectivity index is 1.62. The summed E-state index contributed by atoms with van der Waals surface area (Å²) in [7, 11) is -2.25. The first kappa shape index (κ1) is 39.1. The van der Waals surface area contributed by atoms with E-state index in [-0.39, 0.29) is 64.6 Å². The molecule has 276 valence electrons. The third kappa shape index (κ3) is 9.98. The van der Waals surface area contributed by atoms with E-state index in [1.807, 2.05) is 25.8 Å². The number of likely N-dealkylation sites (N-methyl/N-ethyl adjacent to an activating group) is 1. The lowest BCUT2D eigenvalue weighted by Crippen LogP contribution is -2.47. The van der Waals surface area contributed by atoms with E-state index in [0.29, 0.717) is 31.7 Å². The number of aryl methyl sites for hydroxylation is 2. The first-order valence-corrected chi connectivity index (χ1v) is 18.1. The molecule has 0 fully saturated rings. The fourth-order valence-electron chi connectivity index (χ4n) is 6.00. The minimum atomic E-state index is -4.41. The summed E-state index contributed by atoms with van der Waals surface area (Å²) in [5.74, 6) is -0.296. The Kier molecular flexibility index (Phi) is 13.0. The number of anilines is 1. The number of hydrogen-bond acceptors (Lipinski definition) is 9. The molecule has 2 N–H and O–H groups in total. The number of benzene rings is 2. The molecule has 0 radical (unpaired) electrons. The quantitative estimate of drug-likeness (QED) is 0.271. The van der Waals surface area contributed by atoms with Gasteiger partial charge >= 0.3 is 6.18 Å². The van der Waals surface area contributed by atoms with Crippen LogP contribution in [-0.4, -0.2) is 86.0 Å². The molecule has 1 aliphatic rings. The van der Waals surface area contributed by atoms with E-state index in [2.05, 4.69) is 9.88 Å². The summed E-state index contributed by atoms with van der Waals surface area (Å²) in [4.78, 5) is 17.8. The average molecular weight is 725 g/mol. The Morgan fingerprint density at radius 3 is 2.44 bits per heavy atom. The maximum absolute atomic E-state index is 14.4. The van der Waals surface area contributed by atoms with Crippen molar-refractivity contribution in [2.75, 3.05) is 38.1 Å². The fourth-order valence-corrected chi connectivity index (χ4v) is 7.38. The molecule has 0 saturated heterocycles. The Hall–Kier alpha value is -3.66. The zero-order valence-electron chi connectivity index (χ0n) is 29.3. The molecule has 0 bridgehead atoms. The highest BCUT2D eigenvalue weighted by atomic mass is 32.2. The first-order chi connectivity index (χ1) is 23.5. The maximum Gasteiger partial charge on any atom is 0.416 e. The molecule has 50 heavy (non-hydrogen) atoms. The number of fused-ring (bicyclic) bond motifs is 1. The van der Waals surface area contributed by atoms with E-state index in [0.717, 1.165) is 25.0 Å². The van der Waals surface area contributed by atoms with Gasteiger partial charge in [-0.15, -0.1) is 0 Å². The molecule has 0 aliphatic carbocycles. The molecule has 0 spiro atoms. The van der Waals surface area contributed by atoms with Crippen molar-refractivity contribution in [1.29, 1.82) is 0 Å². The van der Waals surface area contributed by atoms with Crippen LogP contribution in [0.5, 0.6) is 5.75 Å². The number of carbonyl (C=O) groups excluding carboxylic acids is 1. The van der Waals surface area contributed by atoms with E-state index < -0.39 is 33.7 Å². The third-order valence-electron chi connectivity index (χ3n) is 8.77. The number of aromatic nitrogens is 1. The standard InChI is InChI=1S/C35H47F3N4O7S/c1-22-18-42(23(2)21-43)34(44)30-17-29(40-50(45,46)33-25(4)39-49-26(33)5)14-15-31(30)48-24(3)9-7-8-16-47-32(22)20-41(6)19-27-10-12-28(13-11-27)35(36,37)38/h10-15,17,22-24,32,40,43H,7-9,16,18-21H2,1-6H3/t22-,23-,24+,32+/m1/s1. The van der Waals surface area contributed by atoms with Gasteiger partial charge in [-0.2, -0.15) is 13.2 Å². The summed E-state index contributed by atoms with van der Waals surface area (Å²) in [5, 5.41) is 14.0. The van der Waals surface area contributed by atoms with Crippen LogP contribution >= 0.6 is 0 Å². The molecule has 11 nitrogen and oxygen atoms in total. The summed E-state index contributed by atoms with van der Waals surface area (Å²) in [5.41, 5.74) is 0.453. The monoisotopic (exact) mass is 724 g/mol. The normalized spacial score (nSPS) is 20.6. The van der Waals surface area contributed by atoms with Crippen molar-refractivity contribution >= 4 is 21.6 Å². The molecule has 1 aromatic heterocycles. The van der Waals surface area contributed by atoms with E-state index >= 15 is 0 Å². The van der Waals surface area contributed by atoms with Gasteiger partial charge in [-0.25, -0.2) is 8.42 Å². The molecule has 0 saturated carbocycles. The van der Waals surface area contributed by atoms with Crippen molar-refractivity contribution in [1.82, 2.24) is 15.0 Å². The van der Waals surface area contributed by atoms with Crippen LogP contribution in [0, 0.1) is 19.8 Å². The van der Waals surface area contributed by atoms with Crippen molar-refractivity contribution in [3.8, 4) is 5.75 Å². The van der Waals surface area contributed by atoms with Crippen molar-refractivity contribution in [3.63, 3.8) is 0 Å². The molecule has 0 unspecified atom stereocenters. The van der Waals surface area contributed by atoms with E-state index in [4.69, 9.17) is 14.0 Å². The third-order valence-corrected chi connectivity index (χ3v) is 10.4. The number of rotatable bonds is 9. The number of aliphatic hydroxyl groups excluding tert-OH is 1. The van der Waals surface area contributed by atoms with Gasteiger partial charge in [0, 0.05) is 37.8 Å². The van der Waals surface area contributed by atoms with Gasteiger partial charge in [0.25, 0.3) is 15.9 Å². The molecule has 1 amide bonds. The molecular formula is C35H47F3N4O7S. The van der Waals surface area contributed by atoms with Crippen LogP contribution in [0.3, 0.4) is 0 Å². The molecule has 3 aromatic rings. The molecular weight excluding hydrogens is 677 g/mol. The van der Waals surface area contributed by atoms with Gasteiger partial charge < -0.3 is 24.0 Å². The van der Waals surface area contributed by atoms with Gasteiger partial charge in [0.05, 0.1) is 36.0 Å². The van der Waals surface area contributed by atoms with Gasteiger partial charge in [-0.05, 0) is 89.9 Å². The average Bonchev–Trinajstić information content (AvgIpc) is 3.40. The Morgan fingerprint density at radius 1 is 1.12 bits per heavy atom. The Morgan fingerprint density at radius 2 is 1.82 bits per heavy atom. The molecule has 2 heterocycles. The number of alkyl halides is 3. The van der Waals surface area contributed by atoms with Crippen molar-refractivity contribution < 1.29 is 45.5 Å². The molecule has 15 heteroatoms. The number of sulfonamides is 1. The number of nitrogens with one attached hydrogen (secondary N) is 1. The fraction of sp³-hybridized carbons (Fsp3) is 0.543. The second-order valence-electron chi connectivity index (χ2n) is 13.2. The van der Waals surface area contributed by atoms with Crippen LogP contribution in [0.2, 0.25) is 0 Å². The zero-order chi connectivity index (χ0) is 36.8. The van der Waals surface area contributed by atoms with Crippen LogP contribution in [0.25, 0.3) is 0 Å². The zero-order valence-corrected chi connectivity index (χ0v) is 30.1. The van der Waals surface area contributed by atoms with Crippen LogP contribution in [0.1, 0.15) is 73.0 Å². The van der Waals surface area contributed by atoms with E-state index in [1.54, 1.807) is 13.0 Å². The van der Waals surface area contributed by atoms with Gasteiger partial charge in [-0.3, -0.25) is 14.4 Å². The summed E-state index contributed by atoms with van der Waals surface area (Å²) < 4.78 is 86.0. The molecule has 4 atom stereocenters. The number of amides is 1. The second kappa shape index (κ2) is 16.6. The van der Waals surface area contributed by atoms with Crippen molar-refractivity contribution in [3.05, 3.63) is 70.6 Å². The van der Waals surface area contributed by atoms with Crippen molar-refractivity contribution in [2.45, 2.75) is 89.7 Å². The van der Waals surface area contributed by atoms with E-state index in [1.165, 1.54) is 43.0 Å². The summed E-state index contributed by atoms with van der Waals surface area (Å²) in [6.45, 7) is 9.70. The predicted molar refractivity (Wildman–Crippen MR) is 181 cm³/mol. The number of halogens is 3. The number of carbonyl (C=O) groups is 1. The minimum Gasteiger partial charge on any atom is -0.490 e. The lowest BCUT2D eigenvalue weighted by Gasteiger charge is -2.36. The summed E-state index contributed by atoms with van der Waals surface area (Å²) >= 11 is 0. The largest absolute Gasteiger partial charge is 0.490 e. The van der Waals surface area contributed by atoms with Crippen LogP contribution in [0.15, 0.2) is 51.9 Å². The van der Waals surface area contributed by atoms with Crippen LogP contribution < -0.4 is 9.46 Å². The maximum atomic E-state index is 14.4. The lowest BCUT2D eigenvalue weighted by atomic mass is 10.0. The highest BCUT2D eigenvalue weighted by Gasteiger charge is 2.32. The van der Waals surface area contributed by atoms with Gasteiger partial charge in [0.1, 0.15) is 11.4 Å². The lowest BCUT2D eigenvalue weighted by molar-refractivity contribution is -0.137. The number of nitrogens with zero attached hydrogens (tertiary/aromatic N) is 3. The van der Waals surface area contributed by atoms with Gasteiger partial charge in [0.15, 0.2) is 10.7 Å². The second-order valence-corrected chi connectivity index (χ2v) is 14.8. The number of hydrogen-bond donors (Lipinski definition) is 2. The Bertz CT molecular complexity index is 1680. The number of ether oxygens (including phenoxy) is 2. The van der Waals surface area contributed by atoms with E-state index in [9.17, 15) is 31.5 Å². The topological polar surface area (TPSA) is 134 Å².